The van der Waals surface area contributed by atoms with Crippen LogP contribution in [0.4, 0.5) is 0 Å². The smallest absolute Gasteiger partial charge is 0.0779 e. The molecular formula is C7H15NO. The topological polar surface area (TPSA) is 32.6 Å². The molecule has 2 heteroatoms. The molecule has 2 nitrogen and oxygen atoms in total. The Morgan fingerprint density at radius 3 is 2.78 bits per heavy atom. The molecule has 0 fully saturated rings. The number of unbranched alkanes of at least 4 members (excludes halogenated alkanes) is 2. The van der Waals surface area contributed by atoms with Gasteiger partial charge in [-0.25, -0.2) is 0 Å². The molecule has 1 N–H and O–H groups in total. The standard InChI is InChI=1S/C7H15NO/c1-2-3-4-5-8-6-7-9/h6,9H,2-5,7H2,1H3. The maximum atomic E-state index is 8.27. The number of hydrogen-bond acceptors (Lipinski definition) is 2. The van der Waals surface area contributed by atoms with Crippen molar-refractivity contribution in [3.63, 3.8) is 0 Å². The van der Waals surface area contributed by atoms with Crippen LogP contribution in [0.3, 0.4) is 0 Å². The van der Waals surface area contributed by atoms with Crippen LogP contribution in [0.1, 0.15) is 26.2 Å². The molecule has 0 aliphatic carbocycles. The molecule has 0 heterocycles. The van der Waals surface area contributed by atoms with Crippen LogP contribution >= 0.6 is 0 Å². The molecule has 0 aromatic heterocycles. The second kappa shape index (κ2) is 7.63. The van der Waals surface area contributed by atoms with Crippen LogP contribution in [0, 0.1) is 0 Å². The number of hydrogen-bond donors (Lipinski definition) is 1. The normalized spacial score (nSPS) is 10.9. The Hall–Kier alpha value is -0.370. The molecule has 0 aliphatic heterocycles. The Morgan fingerprint density at radius 1 is 1.44 bits per heavy atom. The van der Waals surface area contributed by atoms with Gasteiger partial charge in [0.2, 0.25) is 0 Å². The zero-order valence-electron chi connectivity index (χ0n) is 6.01. The van der Waals surface area contributed by atoms with Gasteiger partial charge in [-0.2, -0.15) is 0 Å². The first-order chi connectivity index (χ1) is 4.41. The Kier molecular flexibility index (Phi) is 7.32. The van der Waals surface area contributed by atoms with Crippen LogP contribution < -0.4 is 0 Å². The second-order valence-electron chi connectivity index (χ2n) is 1.98. The van der Waals surface area contributed by atoms with Gasteiger partial charge in [0.25, 0.3) is 0 Å². The Morgan fingerprint density at radius 2 is 2.22 bits per heavy atom. The van der Waals surface area contributed by atoms with Crippen LogP contribution in [0.2, 0.25) is 0 Å². The summed E-state index contributed by atoms with van der Waals surface area (Å²) in [7, 11) is 0. The number of aliphatic hydroxyl groups excluding tert-OH is 1. The van der Waals surface area contributed by atoms with E-state index in [0.717, 1.165) is 13.0 Å². The molecule has 0 aliphatic rings. The maximum Gasteiger partial charge on any atom is 0.0779 e. The summed E-state index contributed by atoms with van der Waals surface area (Å²) < 4.78 is 0. The molecular weight excluding hydrogens is 114 g/mol. The molecule has 0 radical (unpaired) electrons. The molecule has 0 saturated carbocycles. The fraction of sp³-hybridized carbons (Fsp3) is 0.857. The molecule has 0 rings (SSSR count). The zero-order valence-corrected chi connectivity index (χ0v) is 6.01. The Labute approximate surface area is 56.6 Å². The van der Waals surface area contributed by atoms with E-state index in [1.165, 1.54) is 12.8 Å². The van der Waals surface area contributed by atoms with Crippen LogP contribution in [0.5, 0.6) is 0 Å². The highest BCUT2D eigenvalue weighted by molar-refractivity contribution is 5.57. The van der Waals surface area contributed by atoms with Gasteiger partial charge >= 0.3 is 0 Å². The first-order valence-electron chi connectivity index (χ1n) is 3.51. The Balaban J connectivity index is 2.82. The van der Waals surface area contributed by atoms with Gasteiger partial charge in [-0.15, -0.1) is 0 Å². The average molecular weight is 129 g/mol. The first-order valence-corrected chi connectivity index (χ1v) is 3.51. The Bertz CT molecular complexity index is 71.3. The monoisotopic (exact) mass is 129 g/mol. The maximum absolute atomic E-state index is 8.27. The van der Waals surface area contributed by atoms with Crippen LogP contribution in [0.25, 0.3) is 0 Å². The van der Waals surface area contributed by atoms with Crippen molar-refractivity contribution in [3.8, 4) is 0 Å². The van der Waals surface area contributed by atoms with Gasteiger partial charge in [-0.3, -0.25) is 4.99 Å². The van der Waals surface area contributed by atoms with E-state index >= 15 is 0 Å². The van der Waals surface area contributed by atoms with E-state index in [2.05, 4.69) is 11.9 Å². The lowest BCUT2D eigenvalue weighted by molar-refractivity contribution is 0.361. The summed E-state index contributed by atoms with van der Waals surface area (Å²) in [5, 5.41) is 8.27. The summed E-state index contributed by atoms with van der Waals surface area (Å²) in [6.07, 6.45) is 5.17. The third-order valence-corrected chi connectivity index (χ3v) is 1.10. The highest BCUT2D eigenvalue weighted by Crippen LogP contribution is 1.92. The highest BCUT2D eigenvalue weighted by atomic mass is 16.2. The van der Waals surface area contributed by atoms with Crippen molar-refractivity contribution in [2.45, 2.75) is 26.2 Å². The molecule has 0 aromatic rings. The third kappa shape index (κ3) is 7.63. The van der Waals surface area contributed by atoms with E-state index in [1.54, 1.807) is 6.21 Å². The van der Waals surface area contributed by atoms with Crippen LogP contribution in [0.15, 0.2) is 4.99 Å². The predicted molar refractivity (Wildman–Crippen MR) is 40.0 cm³/mol. The van der Waals surface area contributed by atoms with Crippen molar-refractivity contribution >= 4 is 6.21 Å². The van der Waals surface area contributed by atoms with Gasteiger partial charge in [0.05, 0.1) is 6.61 Å². The number of aliphatic imine (C=N–C) groups is 1. The van der Waals surface area contributed by atoms with Crippen molar-refractivity contribution in [2.24, 2.45) is 4.99 Å². The number of rotatable bonds is 5. The van der Waals surface area contributed by atoms with E-state index in [0.29, 0.717) is 0 Å². The number of nitrogens with zero attached hydrogens (tertiary/aromatic N) is 1. The molecule has 0 amide bonds. The van der Waals surface area contributed by atoms with E-state index < -0.39 is 0 Å². The molecule has 0 unspecified atom stereocenters. The second-order valence-corrected chi connectivity index (χ2v) is 1.98. The predicted octanol–water partition coefficient (Wildman–Crippen LogP) is 1.24. The van der Waals surface area contributed by atoms with E-state index in [-0.39, 0.29) is 6.61 Å². The lowest BCUT2D eigenvalue weighted by atomic mass is 10.2. The molecule has 0 aromatic carbocycles. The molecule has 0 spiro atoms. The van der Waals surface area contributed by atoms with Gasteiger partial charge in [-0.1, -0.05) is 19.8 Å². The fourth-order valence-corrected chi connectivity index (χ4v) is 0.602. The fourth-order valence-electron chi connectivity index (χ4n) is 0.602. The first kappa shape index (κ1) is 8.63. The lowest BCUT2D eigenvalue weighted by Crippen LogP contribution is -1.85. The minimum atomic E-state index is 0.0755. The molecule has 0 saturated heterocycles. The van der Waals surface area contributed by atoms with E-state index in [4.69, 9.17) is 5.11 Å². The lowest BCUT2D eigenvalue weighted by Gasteiger charge is -1.89. The van der Waals surface area contributed by atoms with Gasteiger partial charge in [0, 0.05) is 12.8 Å². The van der Waals surface area contributed by atoms with Crippen molar-refractivity contribution in [1.29, 1.82) is 0 Å². The van der Waals surface area contributed by atoms with Crippen molar-refractivity contribution < 1.29 is 5.11 Å². The highest BCUT2D eigenvalue weighted by Gasteiger charge is 1.80. The van der Waals surface area contributed by atoms with Gasteiger partial charge in [0.1, 0.15) is 0 Å². The van der Waals surface area contributed by atoms with Crippen molar-refractivity contribution in [1.82, 2.24) is 0 Å². The van der Waals surface area contributed by atoms with Gasteiger partial charge in [-0.05, 0) is 6.42 Å². The third-order valence-electron chi connectivity index (χ3n) is 1.10. The summed E-state index contributed by atoms with van der Waals surface area (Å²) in [6, 6.07) is 0. The van der Waals surface area contributed by atoms with Gasteiger partial charge in [0.15, 0.2) is 0 Å². The molecule has 54 valence electrons. The van der Waals surface area contributed by atoms with E-state index in [1.807, 2.05) is 0 Å². The molecule has 0 atom stereocenters. The SMILES string of the molecule is CCCCCN=CCO. The summed E-state index contributed by atoms with van der Waals surface area (Å²) in [4.78, 5) is 3.95. The average Bonchev–Trinajstić information content (AvgIpc) is 1.89. The van der Waals surface area contributed by atoms with Crippen LogP contribution in [-0.4, -0.2) is 24.5 Å². The van der Waals surface area contributed by atoms with Crippen LogP contribution in [-0.2, 0) is 0 Å². The summed E-state index contributed by atoms with van der Waals surface area (Å²) in [6.45, 7) is 3.11. The van der Waals surface area contributed by atoms with Gasteiger partial charge < -0.3 is 5.11 Å². The zero-order chi connectivity index (χ0) is 6.95. The molecule has 9 heavy (non-hydrogen) atoms. The number of aliphatic hydroxyl groups is 1. The summed E-state index contributed by atoms with van der Waals surface area (Å²) in [5.74, 6) is 0. The quantitative estimate of drug-likeness (QED) is 0.439. The molecule has 0 bridgehead atoms. The minimum absolute atomic E-state index is 0.0755. The minimum Gasteiger partial charge on any atom is -0.391 e. The summed E-state index contributed by atoms with van der Waals surface area (Å²) in [5.41, 5.74) is 0. The van der Waals surface area contributed by atoms with Crippen molar-refractivity contribution in [3.05, 3.63) is 0 Å². The summed E-state index contributed by atoms with van der Waals surface area (Å²) >= 11 is 0. The van der Waals surface area contributed by atoms with Crippen molar-refractivity contribution in [2.75, 3.05) is 13.2 Å². The van der Waals surface area contributed by atoms with E-state index in [9.17, 15) is 0 Å². The largest absolute Gasteiger partial charge is 0.391 e.